The molecule has 2 rings (SSSR count). The van der Waals surface area contributed by atoms with Crippen molar-refractivity contribution >= 4 is 29.0 Å². The van der Waals surface area contributed by atoms with Gasteiger partial charge in [0.25, 0.3) is 0 Å². The Kier molecular flexibility index (Phi) is 5.21. The van der Waals surface area contributed by atoms with E-state index in [0.29, 0.717) is 18.0 Å². The van der Waals surface area contributed by atoms with Gasteiger partial charge in [-0.25, -0.2) is 0 Å². The number of rotatable bonds is 4. The number of carbonyl (C=O) groups is 2. The van der Waals surface area contributed by atoms with Crippen molar-refractivity contribution in [2.24, 2.45) is 5.73 Å². The predicted octanol–water partition coefficient (Wildman–Crippen LogP) is 1.84. The number of primary amides is 1. The quantitative estimate of drug-likeness (QED) is 0.860. The van der Waals surface area contributed by atoms with Crippen LogP contribution < -0.4 is 5.73 Å². The number of halogens is 1. The second kappa shape index (κ2) is 6.94. The molecule has 22 heavy (non-hydrogen) atoms. The lowest BCUT2D eigenvalue weighted by molar-refractivity contribution is -0.133. The maximum Gasteiger partial charge on any atom is 0.247 e. The first kappa shape index (κ1) is 16.5. The smallest absolute Gasteiger partial charge is 0.247 e. The number of ether oxygens (including phenoxy) is 1. The van der Waals surface area contributed by atoms with Gasteiger partial charge in [-0.2, -0.15) is 0 Å². The van der Waals surface area contributed by atoms with Gasteiger partial charge in [0.1, 0.15) is 6.04 Å². The molecule has 1 fully saturated rings. The third-order valence-electron chi connectivity index (χ3n) is 3.83. The average molecular weight is 323 g/mol. The number of likely N-dealkylation sites (tertiary alicyclic amines) is 1. The Morgan fingerprint density at radius 1 is 1.45 bits per heavy atom. The highest BCUT2D eigenvalue weighted by Gasteiger charge is 2.37. The molecular formula is C16H19ClN2O3. The zero-order valence-corrected chi connectivity index (χ0v) is 13.3. The van der Waals surface area contributed by atoms with Crippen molar-refractivity contribution in [2.45, 2.75) is 25.5 Å². The standard InChI is InChI=1S/C16H19ClN2O3/c1-10(11-4-3-5-12(17)7-11)6-15(20)19-9-13(22-2)8-14(19)16(18)21/h3-7,13-14H,8-9H2,1-2H3,(H2,18,21)/b10-6+/t13-,14-/m0/s1. The topological polar surface area (TPSA) is 72.6 Å². The molecule has 1 aliphatic heterocycles. The molecular weight excluding hydrogens is 304 g/mol. The average Bonchev–Trinajstić information content (AvgIpc) is 2.91. The van der Waals surface area contributed by atoms with E-state index in [-0.39, 0.29) is 12.0 Å². The molecule has 0 unspecified atom stereocenters. The highest BCUT2D eigenvalue weighted by atomic mass is 35.5. The molecule has 1 saturated heterocycles. The normalized spacial score (nSPS) is 22.0. The molecule has 0 aromatic heterocycles. The summed E-state index contributed by atoms with van der Waals surface area (Å²) in [5.41, 5.74) is 7.01. The van der Waals surface area contributed by atoms with Crippen molar-refractivity contribution in [1.29, 1.82) is 0 Å². The minimum atomic E-state index is -0.624. The fourth-order valence-corrected chi connectivity index (χ4v) is 2.76. The number of hydrogen-bond donors (Lipinski definition) is 1. The van der Waals surface area contributed by atoms with Crippen LogP contribution in [0.1, 0.15) is 18.9 Å². The van der Waals surface area contributed by atoms with E-state index in [9.17, 15) is 9.59 Å². The van der Waals surface area contributed by atoms with Crippen LogP contribution in [0.2, 0.25) is 5.02 Å². The van der Waals surface area contributed by atoms with E-state index >= 15 is 0 Å². The lowest BCUT2D eigenvalue weighted by atomic mass is 10.1. The van der Waals surface area contributed by atoms with Gasteiger partial charge >= 0.3 is 0 Å². The van der Waals surface area contributed by atoms with Gasteiger partial charge in [-0.1, -0.05) is 23.7 Å². The molecule has 0 radical (unpaired) electrons. The van der Waals surface area contributed by atoms with Gasteiger partial charge in [-0.05, 0) is 30.2 Å². The number of allylic oxidation sites excluding steroid dienone is 1. The SMILES string of the molecule is CO[C@H]1C[C@@H](C(N)=O)N(C(=O)/C=C(\C)c2cccc(Cl)c2)C1. The summed E-state index contributed by atoms with van der Waals surface area (Å²) in [5.74, 6) is -0.762. The largest absolute Gasteiger partial charge is 0.380 e. The number of carbonyl (C=O) groups excluding carboxylic acids is 2. The van der Waals surface area contributed by atoms with Gasteiger partial charge in [-0.3, -0.25) is 9.59 Å². The first-order valence-corrected chi connectivity index (χ1v) is 7.37. The van der Waals surface area contributed by atoms with Gasteiger partial charge < -0.3 is 15.4 Å². The fourth-order valence-electron chi connectivity index (χ4n) is 2.57. The summed E-state index contributed by atoms with van der Waals surface area (Å²) in [6, 6.07) is 6.63. The van der Waals surface area contributed by atoms with Crippen LogP contribution in [0.4, 0.5) is 0 Å². The first-order chi connectivity index (χ1) is 10.4. The van der Waals surface area contributed by atoms with Crippen molar-refractivity contribution < 1.29 is 14.3 Å². The Balaban J connectivity index is 2.19. The van der Waals surface area contributed by atoms with Crippen LogP contribution in [0, 0.1) is 0 Å². The van der Waals surface area contributed by atoms with E-state index in [1.165, 1.54) is 11.0 Å². The molecule has 2 N–H and O–H groups in total. The highest BCUT2D eigenvalue weighted by molar-refractivity contribution is 6.30. The van der Waals surface area contributed by atoms with E-state index in [1.807, 2.05) is 19.1 Å². The Bertz CT molecular complexity index is 615. The van der Waals surface area contributed by atoms with Gasteiger partial charge in [0, 0.05) is 31.2 Å². The van der Waals surface area contributed by atoms with Crippen LogP contribution in [0.5, 0.6) is 0 Å². The maximum atomic E-state index is 12.4. The third kappa shape index (κ3) is 3.67. The summed E-state index contributed by atoms with van der Waals surface area (Å²) in [5, 5.41) is 0.605. The summed E-state index contributed by atoms with van der Waals surface area (Å²) >= 11 is 5.95. The Hall–Kier alpha value is -1.85. The number of hydrogen-bond acceptors (Lipinski definition) is 3. The monoisotopic (exact) mass is 322 g/mol. The predicted molar refractivity (Wildman–Crippen MR) is 85.2 cm³/mol. The molecule has 1 aromatic carbocycles. The molecule has 0 spiro atoms. The van der Waals surface area contributed by atoms with Crippen LogP contribution in [-0.4, -0.2) is 42.5 Å². The second-order valence-corrected chi connectivity index (χ2v) is 5.78. The molecule has 6 heteroatoms. The van der Waals surface area contributed by atoms with Gasteiger partial charge in [0.05, 0.1) is 6.10 Å². The maximum absolute atomic E-state index is 12.4. The van der Waals surface area contributed by atoms with Gasteiger partial charge in [0.15, 0.2) is 0 Å². The zero-order chi connectivity index (χ0) is 16.3. The van der Waals surface area contributed by atoms with Crippen molar-refractivity contribution in [2.75, 3.05) is 13.7 Å². The van der Waals surface area contributed by atoms with Crippen molar-refractivity contribution in [1.82, 2.24) is 4.90 Å². The summed E-state index contributed by atoms with van der Waals surface area (Å²) in [7, 11) is 1.56. The highest BCUT2D eigenvalue weighted by Crippen LogP contribution is 2.23. The lowest BCUT2D eigenvalue weighted by Crippen LogP contribution is -2.43. The zero-order valence-electron chi connectivity index (χ0n) is 12.6. The van der Waals surface area contributed by atoms with E-state index in [4.69, 9.17) is 22.1 Å². The summed E-state index contributed by atoms with van der Waals surface area (Å²) < 4.78 is 5.24. The summed E-state index contributed by atoms with van der Waals surface area (Å²) in [4.78, 5) is 25.4. The third-order valence-corrected chi connectivity index (χ3v) is 4.06. The molecule has 0 aliphatic carbocycles. The first-order valence-electron chi connectivity index (χ1n) is 6.99. The van der Waals surface area contributed by atoms with Crippen molar-refractivity contribution in [3.63, 3.8) is 0 Å². The molecule has 2 amide bonds. The number of amides is 2. The number of benzene rings is 1. The minimum absolute atomic E-state index is 0.165. The molecule has 1 heterocycles. The molecule has 1 aromatic rings. The van der Waals surface area contributed by atoms with Gasteiger partial charge in [0.2, 0.25) is 11.8 Å². The minimum Gasteiger partial charge on any atom is -0.380 e. The lowest BCUT2D eigenvalue weighted by Gasteiger charge is -2.20. The van der Waals surface area contributed by atoms with Crippen molar-refractivity contribution in [3.05, 3.63) is 40.9 Å². The Morgan fingerprint density at radius 2 is 2.18 bits per heavy atom. The van der Waals surface area contributed by atoms with E-state index < -0.39 is 11.9 Å². The number of nitrogens with zero attached hydrogens (tertiary/aromatic N) is 1. The van der Waals surface area contributed by atoms with Crippen LogP contribution >= 0.6 is 11.6 Å². The van der Waals surface area contributed by atoms with E-state index in [2.05, 4.69) is 0 Å². The second-order valence-electron chi connectivity index (χ2n) is 5.34. The number of nitrogens with two attached hydrogens (primary N) is 1. The molecule has 5 nitrogen and oxygen atoms in total. The molecule has 118 valence electrons. The van der Waals surface area contributed by atoms with E-state index in [0.717, 1.165) is 11.1 Å². The van der Waals surface area contributed by atoms with Crippen LogP contribution in [-0.2, 0) is 14.3 Å². The van der Waals surface area contributed by atoms with Crippen LogP contribution in [0.25, 0.3) is 5.57 Å². The Morgan fingerprint density at radius 3 is 2.77 bits per heavy atom. The molecule has 0 saturated carbocycles. The molecule has 0 bridgehead atoms. The van der Waals surface area contributed by atoms with Crippen molar-refractivity contribution in [3.8, 4) is 0 Å². The molecule has 2 atom stereocenters. The van der Waals surface area contributed by atoms with E-state index in [1.54, 1.807) is 19.2 Å². The van der Waals surface area contributed by atoms with Crippen LogP contribution in [0.3, 0.4) is 0 Å². The van der Waals surface area contributed by atoms with Crippen LogP contribution in [0.15, 0.2) is 30.3 Å². The Labute approximate surface area is 134 Å². The summed E-state index contributed by atoms with van der Waals surface area (Å²) in [6.45, 7) is 2.19. The fraction of sp³-hybridized carbons (Fsp3) is 0.375. The molecule has 1 aliphatic rings. The number of methoxy groups -OCH3 is 1. The van der Waals surface area contributed by atoms with Gasteiger partial charge in [-0.15, -0.1) is 0 Å². The summed E-state index contributed by atoms with van der Waals surface area (Å²) in [6.07, 6.45) is 1.77.